The van der Waals surface area contributed by atoms with Crippen LogP contribution in [0.15, 0.2) is 12.5 Å². The maximum atomic E-state index is 6.25. The topological polar surface area (TPSA) is 47.1 Å². The molecule has 2 rings (SSSR count). The Morgan fingerprint density at radius 3 is 2.67 bits per heavy atom. The van der Waals surface area contributed by atoms with E-state index in [4.69, 9.17) is 5.73 Å². The summed E-state index contributed by atoms with van der Waals surface area (Å²) in [6.45, 7) is 9.07. The minimum atomic E-state index is 0.117. The Hall–Kier alpha value is -0.870. The first-order valence-electron chi connectivity index (χ1n) is 7.14. The Balaban J connectivity index is 1.90. The maximum Gasteiger partial charge on any atom is 0.0949 e. The molecule has 1 unspecified atom stereocenters. The molecule has 1 atom stereocenters. The Labute approximate surface area is 110 Å². The van der Waals surface area contributed by atoms with E-state index in [9.17, 15) is 0 Å². The van der Waals surface area contributed by atoms with E-state index < -0.39 is 0 Å². The minimum Gasteiger partial charge on any atom is -0.332 e. The van der Waals surface area contributed by atoms with Crippen LogP contribution in [0.5, 0.6) is 0 Å². The van der Waals surface area contributed by atoms with E-state index in [0.717, 1.165) is 19.5 Å². The van der Waals surface area contributed by atoms with Gasteiger partial charge in [0.2, 0.25) is 0 Å². The molecule has 1 aliphatic rings. The van der Waals surface area contributed by atoms with Crippen molar-refractivity contribution in [1.29, 1.82) is 0 Å². The monoisotopic (exact) mass is 250 g/mol. The third-order valence-corrected chi connectivity index (χ3v) is 3.71. The maximum absolute atomic E-state index is 6.25. The SMILES string of the molecule is CC(C)CC(N)c1cncn1CCN1CCCC1. The lowest BCUT2D eigenvalue weighted by Gasteiger charge is -2.19. The number of nitrogens with zero attached hydrogens (tertiary/aromatic N) is 3. The fourth-order valence-electron chi connectivity index (χ4n) is 2.71. The van der Waals surface area contributed by atoms with Crippen molar-refractivity contribution in [2.75, 3.05) is 19.6 Å². The third kappa shape index (κ3) is 3.56. The molecule has 1 saturated heterocycles. The van der Waals surface area contributed by atoms with Gasteiger partial charge in [-0.25, -0.2) is 4.98 Å². The second-order valence-electron chi connectivity index (χ2n) is 5.80. The smallest absolute Gasteiger partial charge is 0.0949 e. The van der Waals surface area contributed by atoms with Gasteiger partial charge in [-0.15, -0.1) is 0 Å². The van der Waals surface area contributed by atoms with Gasteiger partial charge in [-0.2, -0.15) is 0 Å². The molecule has 0 saturated carbocycles. The van der Waals surface area contributed by atoms with Crippen molar-refractivity contribution in [2.45, 2.75) is 45.7 Å². The summed E-state index contributed by atoms with van der Waals surface area (Å²) in [5.41, 5.74) is 7.43. The zero-order valence-electron chi connectivity index (χ0n) is 11.7. The van der Waals surface area contributed by atoms with Gasteiger partial charge in [0, 0.05) is 25.3 Å². The lowest BCUT2D eigenvalue weighted by atomic mass is 10.0. The number of nitrogens with two attached hydrogens (primary N) is 1. The Kier molecular flexibility index (Phi) is 4.78. The summed E-state index contributed by atoms with van der Waals surface area (Å²) in [5, 5.41) is 0. The average Bonchev–Trinajstić information content (AvgIpc) is 2.96. The normalized spacial score (nSPS) is 18.7. The quantitative estimate of drug-likeness (QED) is 0.840. The molecule has 1 fully saturated rings. The number of aromatic nitrogens is 2. The van der Waals surface area contributed by atoms with Crippen molar-refractivity contribution in [2.24, 2.45) is 11.7 Å². The van der Waals surface area contributed by atoms with Crippen molar-refractivity contribution < 1.29 is 0 Å². The fraction of sp³-hybridized carbons (Fsp3) is 0.786. The van der Waals surface area contributed by atoms with Gasteiger partial charge in [0.15, 0.2) is 0 Å². The largest absolute Gasteiger partial charge is 0.332 e. The van der Waals surface area contributed by atoms with Crippen LogP contribution in [0.4, 0.5) is 0 Å². The number of likely N-dealkylation sites (tertiary alicyclic amines) is 1. The van der Waals surface area contributed by atoms with E-state index in [2.05, 4.69) is 28.3 Å². The minimum absolute atomic E-state index is 0.117. The molecule has 0 spiro atoms. The predicted molar refractivity (Wildman–Crippen MR) is 74.3 cm³/mol. The van der Waals surface area contributed by atoms with E-state index >= 15 is 0 Å². The van der Waals surface area contributed by atoms with Crippen LogP contribution in [0.1, 0.15) is 44.8 Å². The molecule has 102 valence electrons. The fourth-order valence-corrected chi connectivity index (χ4v) is 2.71. The van der Waals surface area contributed by atoms with Crippen LogP contribution in [0, 0.1) is 5.92 Å². The first kappa shape index (κ1) is 13.6. The van der Waals surface area contributed by atoms with Crippen LogP contribution in [0.25, 0.3) is 0 Å². The Morgan fingerprint density at radius 2 is 2.00 bits per heavy atom. The lowest BCUT2D eigenvalue weighted by molar-refractivity contribution is 0.318. The van der Waals surface area contributed by atoms with Crippen LogP contribution in [-0.2, 0) is 6.54 Å². The highest BCUT2D eigenvalue weighted by atomic mass is 15.2. The van der Waals surface area contributed by atoms with E-state index in [1.54, 1.807) is 0 Å². The van der Waals surface area contributed by atoms with Gasteiger partial charge in [0.05, 0.1) is 12.0 Å². The summed E-state index contributed by atoms with van der Waals surface area (Å²) in [4.78, 5) is 6.79. The molecule has 0 aliphatic carbocycles. The standard InChI is InChI=1S/C14H26N4/c1-12(2)9-13(15)14-10-16-11-18(14)8-7-17-5-3-4-6-17/h10-13H,3-9,15H2,1-2H3. The van der Waals surface area contributed by atoms with Crippen molar-refractivity contribution >= 4 is 0 Å². The molecule has 0 radical (unpaired) electrons. The summed E-state index contributed by atoms with van der Waals surface area (Å²) in [7, 11) is 0. The Bertz CT molecular complexity index is 352. The van der Waals surface area contributed by atoms with Crippen LogP contribution < -0.4 is 5.73 Å². The number of hydrogen-bond donors (Lipinski definition) is 1. The molecule has 4 nitrogen and oxygen atoms in total. The molecule has 0 aromatic carbocycles. The molecule has 2 N–H and O–H groups in total. The van der Waals surface area contributed by atoms with Crippen molar-refractivity contribution in [3.8, 4) is 0 Å². The summed E-state index contributed by atoms with van der Waals surface area (Å²) < 4.78 is 2.23. The molecule has 1 aromatic heterocycles. The summed E-state index contributed by atoms with van der Waals surface area (Å²) in [5.74, 6) is 0.627. The van der Waals surface area contributed by atoms with Gasteiger partial charge < -0.3 is 15.2 Å². The van der Waals surface area contributed by atoms with Gasteiger partial charge in [0.1, 0.15) is 0 Å². The molecule has 1 aliphatic heterocycles. The van der Waals surface area contributed by atoms with Crippen LogP contribution in [-0.4, -0.2) is 34.1 Å². The van der Waals surface area contributed by atoms with Crippen LogP contribution >= 0.6 is 0 Å². The average molecular weight is 250 g/mol. The zero-order valence-corrected chi connectivity index (χ0v) is 11.7. The third-order valence-electron chi connectivity index (χ3n) is 3.71. The number of imidazole rings is 1. The molecule has 18 heavy (non-hydrogen) atoms. The van der Waals surface area contributed by atoms with E-state index in [1.807, 2.05) is 12.5 Å². The highest BCUT2D eigenvalue weighted by molar-refractivity contribution is 5.04. The van der Waals surface area contributed by atoms with Gasteiger partial charge in [-0.05, 0) is 38.3 Å². The van der Waals surface area contributed by atoms with Crippen molar-refractivity contribution in [3.05, 3.63) is 18.2 Å². The van der Waals surface area contributed by atoms with Crippen molar-refractivity contribution in [3.63, 3.8) is 0 Å². The molecule has 2 heterocycles. The van der Waals surface area contributed by atoms with E-state index in [0.29, 0.717) is 5.92 Å². The lowest BCUT2D eigenvalue weighted by Crippen LogP contribution is -2.26. The first-order valence-corrected chi connectivity index (χ1v) is 7.14. The van der Waals surface area contributed by atoms with Crippen LogP contribution in [0.2, 0.25) is 0 Å². The van der Waals surface area contributed by atoms with Gasteiger partial charge in [0.25, 0.3) is 0 Å². The molecule has 0 bridgehead atoms. The van der Waals surface area contributed by atoms with E-state index in [1.165, 1.54) is 31.6 Å². The second kappa shape index (κ2) is 6.34. The second-order valence-corrected chi connectivity index (χ2v) is 5.80. The molecular formula is C14H26N4. The number of rotatable bonds is 6. The summed E-state index contributed by atoms with van der Waals surface area (Å²) in [6, 6.07) is 0.117. The molecular weight excluding hydrogens is 224 g/mol. The molecule has 0 amide bonds. The zero-order chi connectivity index (χ0) is 13.0. The predicted octanol–water partition coefficient (Wildman–Crippen LogP) is 2.02. The first-order chi connectivity index (χ1) is 8.66. The number of hydrogen-bond acceptors (Lipinski definition) is 3. The van der Waals surface area contributed by atoms with Gasteiger partial charge in [-0.1, -0.05) is 13.8 Å². The van der Waals surface area contributed by atoms with Gasteiger partial charge >= 0.3 is 0 Å². The van der Waals surface area contributed by atoms with Crippen LogP contribution in [0.3, 0.4) is 0 Å². The summed E-state index contributed by atoms with van der Waals surface area (Å²) >= 11 is 0. The van der Waals surface area contributed by atoms with Crippen molar-refractivity contribution in [1.82, 2.24) is 14.5 Å². The Morgan fingerprint density at radius 1 is 1.28 bits per heavy atom. The summed E-state index contributed by atoms with van der Waals surface area (Å²) in [6.07, 6.45) is 7.57. The highest BCUT2D eigenvalue weighted by Crippen LogP contribution is 2.18. The van der Waals surface area contributed by atoms with Gasteiger partial charge in [-0.3, -0.25) is 0 Å². The highest BCUT2D eigenvalue weighted by Gasteiger charge is 2.15. The van der Waals surface area contributed by atoms with E-state index in [-0.39, 0.29) is 6.04 Å². The molecule has 1 aromatic rings. The molecule has 4 heteroatoms.